The topological polar surface area (TPSA) is 98.2 Å². The number of hydrogen-bond donors (Lipinski definition) is 1. The number of amides is 1. The van der Waals surface area contributed by atoms with Gasteiger partial charge in [-0.3, -0.25) is 4.79 Å². The van der Waals surface area contributed by atoms with Gasteiger partial charge in [-0.05, 0) is 73.8 Å². The number of benzene rings is 2. The van der Waals surface area contributed by atoms with Crippen LogP contribution in [0.1, 0.15) is 73.9 Å². The van der Waals surface area contributed by atoms with Crippen molar-refractivity contribution in [1.82, 2.24) is 9.88 Å². The molecule has 2 aliphatic rings. The molecule has 8 nitrogen and oxygen atoms in total. The Labute approximate surface area is 254 Å². The van der Waals surface area contributed by atoms with E-state index in [0.29, 0.717) is 18.9 Å². The van der Waals surface area contributed by atoms with E-state index in [0.717, 1.165) is 51.6 Å². The number of likely N-dealkylation sites (tertiary alicyclic amines) is 1. The van der Waals surface area contributed by atoms with E-state index >= 15 is 0 Å². The summed E-state index contributed by atoms with van der Waals surface area (Å²) in [5.74, 6) is -1.36. The lowest BCUT2D eigenvalue weighted by Gasteiger charge is -2.35. The highest BCUT2D eigenvalue weighted by atomic mass is 16.5. The van der Waals surface area contributed by atoms with Crippen LogP contribution >= 0.6 is 0 Å². The summed E-state index contributed by atoms with van der Waals surface area (Å²) in [5.41, 5.74) is 5.14. The lowest BCUT2D eigenvalue weighted by atomic mass is 9.73. The van der Waals surface area contributed by atoms with Gasteiger partial charge in [0.05, 0.1) is 31.4 Å². The number of carbonyl (C=O) groups excluding carboxylic acids is 1. The average Bonchev–Trinajstić information content (AvgIpc) is 3.34. The second-order valence-corrected chi connectivity index (χ2v) is 13.1. The lowest BCUT2D eigenvalue weighted by Crippen LogP contribution is -2.51. The molecule has 1 aromatic heterocycles. The Kier molecular flexibility index (Phi) is 8.82. The molecule has 230 valence electrons. The van der Waals surface area contributed by atoms with Crippen LogP contribution < -0.4 is 4.74 Å². The third-order valence-electron chi connectivity index (χ3n) is 9.14. The van der Waals surface area contributed by atoms with Crippen LogP contribution in [0.25, 0.3) is 10.9 Å². The third kappa shape index (κ3) is 5.87. The van der Waals surface area contributed by atoms with Crippen molar-refractivity contribution in [1.29, 1.82) is 0 Å². The summed E-state index contributed by atoms with van der Waals surface area (Å²) in [6.07, 6.45) is 1.05. The second kappa shape index (κ2) is 12.2. The maximum absolute atomic E-state index is 14.3. The summed E-state index contributed by atoms with van der Waals surface area (Å²) < 4.78 is 18.5. The van der Waals surface area contributed by atoms with Crippen LogP contribution in [0.4, 0.5) is 0 Å². The number of hydrogen-bond acceptors (Lipinski definition) is 6. The van der Waals surface area contributed by atoms with Crippen LogP contribution in [0.15, 0.2) is 42.5 Å². The molecule has 0 bridgehead atoms. The first-order valence-corrected chi connectivity index (χ1v) is 15.2. The molecule has 2 aromatic carbocycles. The van der Waals surface area contributed by atoms with Gasteiger partial charge >= 0.3 is 5.97 Å². The largest absolute Gasteiger partial charge is 0.481 e. The van der Waals surface area contributed by atoms with Crippen molar-refractivity contribution in [3.63, 3.8) is 0 Å². The van der Waals surface area contributed by atoms with Crippen molar-refractivity contribution < 1.29 is 28.9 Å². The van der Waals surface area contributed by atoms with Crippen LogP contribution in [0.3, 0.4) is 0 Å². The van der Waals surface area contributed by atoms with Crippen molar-refractivity contribution in [2.75, 3.05) is 13.7 Å². The molecular formula is C35H44N2O6. The summed E-state index contributed by atoms with van der Waals surface area (Å²) in [7, 11) is 1.59. The number of nitrogens with zero attached hydrogens (tertiary/aromatic N) is 2. The van der Waals surface area contributed by atoms with E-state index in [-0.39, 0.29) is 12.5 Å². The molecule has 2 saturated heterocycles. The van der Waals surface area contributed by atoms with Crippen molar-refractivity contribution >= 4 is 22.8 Å². The molecular weight excluding hydrogens is 544 g/mol. The molecule has 3 heterocycles. The minimum Gasteiger partial charge on any atom is -0.481 e. The summed E-state index contributed by atoms with van der Waals surface area (Å²) in [5, 5.41) is 11.8. The first kappa shape index (κ1) is 31.0. The molecule has 1 N–H and O–H groups in total. The number of carbonyl (C=O) groups is 2. The monoisotopic (exact) mass is 588 g/mol. The SMILES string of the molecule is COc1nc2c(C)ccc(C)c2cc1CO[C@H]1[C@H](C(C)(C)C)[C@@H](C(=O)O)N(C(=O)[C@@H]2CCCCO2)[C@H]1c1ccccc1C. The molecule has 2 aliphatic heterocycles. The zero-order chi connectivity index (χ0) is 31.1. The molecule has 1 amide bonds. The van der Waals surface area contributed by atoms with E-state index in [2.05, 4.69) is 19.1 Å². The van der Waals surface area contributed by atoms with Gasteiger partial charge in [0.25, 0.3) is 5.91 Å². The van der Waals surface area contributed by atoms with E-state index < -0.39 is 41.6 Å². The molecule has 0 spiro atoms. The Hall–Kier alpha value is -3.49. The number of aromatic nitrogens is 1. The number of pyridine rings is 1. The maximum atomic E-state index is 14.3. The lowest BCUT2D eigenvalue weighted by molar-refractivity contribution is -0.159. The van der Waals surface area contributed by atoms with Gasteiger partial charge in [-0.25, -0.2) is 9.78 Å². The fourth-order valence-electron chi connectivity index (χ4n) is 6.96. The molecule has 0 aliphatic carbocycles. The highest BCUT2D eigenvalue weighted by Crippen LogP contribution is 2.51. The fraction of sp³-hybridized carbons (Fsp3) is 0.514. The molecule has 43 heavy (non-hydrogen) atoms. The van der Waals surface area contributed by atoms with Gasteiger partial charge in [0.1, 0.15) is 12.1 Å². The Morgan fingerprint density at radius 1 is 1.05 bits per heavy atom. The summed E-state index contributed by atoms with van der Waals surface area (Å²) >= 11 is 0. The molecule has 5 rings (SSSR count). The summed E-state index contributed by atoms with van der Waals surface area (Å²) in [4.78, 5) is 33.8. The molecule has 3 aromatic rings. The highest BCUT2D eigenvalue weighted by Gasteiger charge is 2.59. The summed E-state index contributed by atoms with van der Waals surface area (Å²) in [6.45, 7) is 12.8. The van der Waals surface area contributed by atoms with Crippen LogP contribution in [0, 0.1) is 32.1 Å². The van der Waals surface area contributed by atoms with E-state index in [1.807, 2.05) is 65.0 Å². The second-order valence-electron chi connectivity index (χ2n) is 13.1. The van der Waals surface area contributed by atoms with Gasteiger partial charge in [0.2, 0.25) is 5.88 Å². The van der Waals surface area contributed by atoms with E-state index in [1.54, 1.807) is 12.0 Å². The minimum atomic E-state index is -1.09. The first-order chi connectivity index (χ1) is 20.4. The fourth-order valence-corrected chi connectivity index (χ4v) is 6.96. The highest BCUT2D eigenvalue weighted by molar-refractivity contribution is 5.88. The van der Waals surface area contributed by atoms with Gasteiger partial charge in [-0.15, -0.1) is 0 Å². The van der Waals surface area contributed by atoms with Gasteiger partial charge in [0, 0.05) is 23.5 Å². The third-order valence-corrected chi connectivity index (χ3v) is 9.14. The smallest absolute Gasteiger partial charge is 0.326 e. The Morgan fingerprint density at radius 2 is 1.77 bits per heavy atom. The molecule has 0 saturated carbocycles. The molecule has 5 atom stereocenters. The summed E-state index contributed by atoms with van der Waals surface area (Å²) in [6, 6.07) is 12.3. The predicted octanol–water partition coefficient (Wildman–Crippen LogP) is 6.32. The first-order valence-electron chi connectivity index (χ1n) is 15.2. The number of methoxy groups -OCH3 is 1. The molecule has 8 heteroatoms. The van der Waals surface area contributed by atoms with E-state index in [9.17, 15) is 14.7 Å². The number of fused-ring (bicyclic) bond motifs is 1. The molecule has 2 fully saturated rings. The zero-order valence-corrected chi connectivity index (χ0v) is 26.3. The Bertz CT molecular complexity index is 1510. The number of rotatable bonds is 7. The van der Waals surface area contributed by atoms with Gasteiger partial charge in [-0.2, -0.15) is 0 Å². The Balaban J connectivity index is 1.63. The van der Waals surface area contributed by atoms with Gasteiger partial charge < -0.3 is 24.2 Å². The van der Waals surface area contributed by atoms with Crippen molar-refractivity contribution in [2.24, 2.45) is 11.3 Å². The van der Waals surface area contributed by atoms with E-state index in [1.165, 1.54) is 0 Å². The quantitative estimate of drug-likeness (QED) is 0.345. The van der Waals surface area contributed by atoms with Crippen LogP contribution in [0.2, 0.25) is 0 Å². The van der Waals surface area contributed by atoms with Crippen molar-refractivity contribution in [3.05, 3.63) is 70.3 Å². The zero-order valence-electron chi connectivity index (χ0n) is 26.3. The number of ether oxygens (including phenoxy) is 3. The number of aliphatic carboxylic acids is 1. The van der Waals surface area contributed by atoms with Gasteiger partial charge in [-0.1, -0.05) is 57.2 Å². The van der Waals surface area contributed by atoms with Crippen molar-refractivity contribution in [2.45, 2.75) is 91.7 Å². The van der Waals surface area contributed by atoms with Crippen LogP contribution in [-0.4, -0.2) is 58.8 Å². The minimum absolute atomic E-state index is 0.146. The molecule has 0 unspecified atom stereocenters. The maximum Gasteiger partial charge on any atom is 0.326 e. The number of aryl methyl sites for hydroxylation is 3. The number of carboxylic acids is 1. The molecule has 0 radical (unpaired) electrons. The van der Waals surface area contributed by atoms with E-state index in [4.69, 9.17) is 19.2 Å². The standard InChI is InChI=1S/C35H44N2O6/c1-20-12-8-9-13-24(20)29-31(43-19-23-18-25-21(2)15-16-22(3)28(25)36-32(23)41-7)27(35(4,5)6)30(34(39)40)37(29)33(38)26-14-10-11-17-42-26/h8-9,12-13,15-16,18,26-27,29-31H,10-11,14,17,19H2,1-7H3,(H,39,40)/t26-,27+,29-,30-,31-/m0/s1. The van der Waals surface area contributed by atoms with Gasteiger partial charge in [0.15, 0.2) is 0 Å². The normalized spacial score (nSPS) is 24.3. The van der Waals surface area contributed by atoms with Crippen LogP contribution in [0.5, 0.6) is 5.88 Å². The van der Waals surface area contributed by atoms with Crippen LogP contribution in [-0.2, 0) is 25.7 Å². The Morgan fingerprint density at radius 3 is 2.40 bits per heavy atom. The number of carboxylic acid groups (broad SMARTS) is 1. The average molecular weight is 589 g/mol. The van der Waals surface area contributed by atoms with Crippen molar-refractivity contribution in [3.8, 4) is 5.88 Å². The predicted molar refractivity (Wildman–Crippen MR) is 165 cm³/mol.